The molecule has 3 nitrogen and oxygen atoms in total. The molecule has 0 unspecified atom stereocenters. The standard InChI is InChI=1S/C14H22N2O/c1-5-14(3,4)16-9-12-7-6-11(13(15)17)8-10(12)2/h6-8,16H,5,9H2,1-4H3,(H2,15,17). The Morgan fingerprint density at radius 2 is 2.06 bits per heavy atom. The van der Waals surface area contributed by atoms with Crippen molar-refractivity contribution in [2.75, 3.05) is 0 Å². The highest BCUT2D eigenvalue weighted by Crippen LogP contribution is 2.13. The van der Waals surface area contributed by atoms with Crippen LogP contribution in [0.2, 0.25) is 0 Å². The van der Waals surface area contributed by atoms with Crippen LogP contribution >= 0.6 is 0 Å². The van der Waals surface area contributed by atoms with Gasteiger partial charge >= 0.3 is 0 Å². The zero-order valence-corrected chi connectivity index (χ0v) is 11.1. The topological polar surface area (TPSA) is 55.1 Å². The van der Waals surface area contributed by atoms with Crippen LogP contribution in [0.1, 0.15) is 48.7 Å². The highest BCUT2D eigenvalue weighted by Gasteiger charge is 2.14. The van der Waals surface area contributed by atoms with Crippen LogP contribution in [0.3, 0.4) is 0 Å². The molecule has 1 aromatic carbocycles. The maximum Gasteiger partial charge on any atom is 0.248 e. The highest BCUT2D eigenvalue weighted by molar-refractivity contribution is 5.93. The van der Waals surface area contributed by atoms with Crippen molar-refractivity contribution in [2.24, 2.45) is 5.73 Å². The van der Waals surface area contributed by atoms with E-state index < -0.39 is 0 Å². The summed E-state index contributed by atoms with van der Waals surface area (Å²) in [6, 6.07) is 5.59. The number of primary amides is 1. The first-order valence-electron chi connectivity index (χ1n) is 6.00. The number of carbonyl (C=O) groups excluding carboxylic acids is 1. The molecular formula is C14H22N2O. The Balaban J connectivity index is 2.77. The summed E-state index contributed by atoms with van der Waals surface area (Å²) in [5.74, 6) is -0.374. The van der Waals surface area contributed by atoms with Crippen LogP contribution in [0.15, 0.2) is 18.2 Å². The van der Waals surface area contributed by atoms with Gasteiger partial charge in [0.15, 0.2) is 0 Å². The first-order chi connectivity index (χ1) is 7.85. The van der Waals surface area contributed by atoms with E-state index in [4.69, 9.17) is 5.73 Å². The lowest BCUT2D eigenvalue weighted by atomic mass is 10.00. The molecule has 3 heteroatoms. The Morgan fingerprint density at radius 3 is 2.53 bits per heavy atom. The van der Waals surface area contributed by atoms with E-state index in [2.05, 4.69) is 26.1 Å². The molecule has 0 aliphatic rings. The Kier molecular flexibility index (Phi) is 4.29. The third-order valence-electron chi connectivity index (χ3n) is 3.27. The lowest BCUT2D eigenvalue weighted by Crippen LogP contribution is -2.37. The summed E-state index contributed by atoms with van der Waals surface area (Å²) in [7, 11) is 0. The number of carbonyl (C=O) groups is 1. The molecule has 0 aliphatic heterocycles. The lowest BCUT2D eigenvalue weighted by molar-refractivity contribution is 0.1000. The van der Waals surface area contributed by atoms with Gasteiger partial charge in [-0.05, 0) is 50.5 Å². The largest absolute Gasteiger partial charge is 0.366 e. The number of nitrogens with one attached hydrogen (secondary N) is 1. The summed E-state index contributed by atoms with van der Waals surface area (Å²) >= 11 is 0. The van der Waals surface area contributed by atoms with E-state index in [0.717, 1.165) is 18.5 Å². The first-order valence-corrected chi connectivity index (χ1v) is 6.00. The van der Waals surface area contributed by atoms with Crippen LogP contribution < -0.4 is 11.1 Å². The monoisotopic (exact) mass is 234 g/mol. The Hall–Kier alpha value is -1.35. The lowest BCUT2D eigenvalue weighted by Gasteiger charge is -2.25. The fourth-order valence-electron chi connectivity index (χ4n) is 1.51. The summed E-state index contributed by atoms with van der Waals surface area (Å²) in [5, 5.41) is 3.50. The Bertz CT molecular complexity index is 411. The molecule has 0 saturated carbocycles. The summed E-state index contributed by atoms with van der Waals surface area (Å²) in [5.41, 5.74) is 8.25. The summed E-state index contributed by atoms with van der Waals surface area (Å²) < 4.78 is 0. The van der Waals surface area contributed by atoms with Crippen molar-refractivity contribution < 1.29 is 4.79 Å². The minimum absolute atomic E-state index is 0.134. The zero-order chi connectivity index (χ0) is 13.1. The summed E-state index contributed by atoms with van der Waals surface area (Å²) in [6.07, 6.45) is 1.07. The Labute approximate surface area is 103 Å². The molecule has 0 fully saturated rings. The van der Waals surface area contributed by atoms with Gasteiger partial charge in [-0.2, -0.15) is 0 Å². The third kappa shape index (κ3) is 3.86. The van der Waals surface area contributed by atoms with Gasteiger partial charge in [-0.1, -0.05) is 13.0 Å². The molecule has 17 heavy (non-hydrogen) atoms. The van der Waals surface area contributed by atoms with E-state index in [1.807, 2.05) is 19.1 Å². The number of benzene rings is 1. The van der Waals surface area contributed by atoms with Crippen molar-refractivity contribution in [3.63, 3.8) is 0 Å². The second-order valence-electron chi connectivity index (χ2n) is 5.10. The van der Waals surface area contributed by atoms with E-state index in [9.17, 15) is 4.79 Å². The van der Waals surface area contributed by atoms with Gasteiger partial charge in [-0.25, -0.2) is 0 Å². The van der Waals surface area contributed by atoms with Gasteiger partial charge in [-0.3, -0.25) is 4.79 Å². The van der Waals surface area contributed by atoms with Crippen LogP contribution in [0.25, 0.3) is 0 Å². The average Bonchev–Trinajstić information content (AvgIpc) is 2.27. The van der Waals surface area contributed by atoms with Crippen LogP contribution in [0, 0.1) is 6.92 Å². The van der Waals surface area contributed by atoms with Crippen LogP contribution in [-0.2, 0) is 6.54 Å². The van der Waals surface area contributed by atoms with Crippen molar-refractivity contribution in [3.8, 4) is 0 Å². The molecule has 3 N–H and O–H groups in total. The minimum atomic E-state index is -0.374. The average molecular weight is 234 g/mol. The van der Waals surface area contributed by atoms with Gasteiger partial charge in [0.05, 0.1) is 0 Å². The molecule has 0 aromatic heterocycles. The van der Waals surface area contributed by atoms with Crippen molar-refractivity contribution in [3.05, 3.63) is 34.9 Å². The normalized spacial score (nSPS) is 11.5. The molecule has 0 bridgehead atoms. The molecule has 0 heterocycles. The third-order valence-corrected chi connectivity index (χ3v) is 3.27. The van der Waals surface area contributed by atoms with Gasteiger partial charge in [-0.15, -0.1) is 0 Å². The second-order valence-corrected chi connectivity index (χ2v) is 5.10. The summed E-state index contributed by atoms with van der Waals surface area (Å²) in [6.45, 7) is 9.34. The molecule has 1 rings (SSSR count). The molecule has 0 saturated heterocycles. The predicted molar refractivity (Wildman–Crippen MR) is 70.9 cm³/mol. The zero-order valence-electron chi connectivity index (χ0n) is 11.1. The number of amides is 1. The fourth-order valence-corrected chi connectivity index (χ4v) is 1.51. The van der Waals surface area contributed by atoms with E-state index in [0.29, 0.717) is 5.56 Å². The predicted octanol–water partition coefficient (Wildman–Crippen LogP) is 2.37. The number of aryl methyl sites for hydroxylation is 1. The molecule has 1 amide bonds. The number of nitrogens with two attached hydrogens (primary N) is 1. The maximum atomic E-state index is 11.0. The summed E-state index contributed by atoms with van der Waals surface area (Å²) in [4.78, 5) is 11.0. The molecule has 94 valence electrons. The molecular weight excluding hydrogens is 212 g/mol. The molecule has 0 atom stereocenters. The first kappa shape index (κ1) is 13.7. The fraction of sp³-hybridized carbons (Fsp3) is 0.500. The van der Waals surface area contributed by atoms with Crippen LogP contribution in [0.4, 0.5) is 0 Å². The van der Waals surface area contributed by atoms with Crippen molar-refractivity contribution in [1.82, 2.24) is 5.32 Å². The van der Waals surface area contributed by atoms with E-state index in [1.165, 1.54) is 5.56 Å². The van der Waals surface area contributed by atoms with Gasteiger partial charge in [0.2, 0.25) is 5.91 Å². The number of hydrogen-bond donors (Lipinski definition) is 2. The molecule has 0 spiro atoms. The number of rotatable bonds is 5. The second kappa shape index (κ2) is 5.32. The number of hydrogen-bond acceptors (Lipinski definition) is 2. The van der Waals surface area contributed by atoms with Crippen molar-refractivity contribution in [1.29, 1.82) is 0 Å². The molecule has 0 aliphatic carbocycles. The van der Waals surface area contributed by atoms with E-state index in [1.54, 1.807) is 6.07 Å². The molecule has 0 radical (unpaired) electrons. The van der Waals surface area contributed by atoms with Crippen LogP contribution in [0.5, 0.6) is 0 Å². The van der Waals surface area contributed by atoms with Gasteiger partial charge < -0.3 is 11.1 Å². The Morgan fingerprint density at radius 1 is 1.41 bits per heavy atom. The molecule has 1 aromatic rings. The van der Waals surface area contributed by atoms with E-state index in [-0.39, 0.29) is 11.4 Å². The maximum absolute atomic E-state index is 11.0. The highest BCUT2D eigenvalue weighted by atomic mass is 16.1. The van der Waals surface area contributed by atoms with E-state index >= 15 is 0 Å². The van der Waals surface area contributed by atoms with Gasteiger partial charge in [0, 0.05) is 17.6 Å². The van der Waals surface area contributed by atoms with Crippen LogP contribution in [-0.4, -0.2) is 11.4 Å². The minimum Gasteiger partial charge on any atom is -0.366 e. The van der Waals surface area contributed by atoms with Gasteiger partial charge in [0.1, 0.15) is 0 Å². The SMILES string of the molecule is CCC(C)(C)NCc1ccc(C(N)=O)cc1C. The van der Waals surface area contributed by atoms with Crippen molar-refractivity contribution >= 4 is 5.91 Å². The van der Waals surface area contributed by atoms with Crippen molar-refractivity contribution in [2.45, 2.75) is 46.2 Å². The smallest absolute Gasteiger partial charge is 0.248 e. The quantitative estimate of drug-likeness (QED) is 0.821. The van der Waals surface area contributed by atoms with Gasteiger partial charge in [0.25, 0.3) is 0 Å².